The van der Waals surface area contributed by atoms with Crippen LogP contribution in [0.25, 0.3) is 0 Å². The van der Waals surface area contributed by atoms with Gasteiger partial charge in [-0.25, -0.2) is 4.79 Å². The molecule has 2 aliphatic rings. The number of aryl methyl sites for hydroxylation is 1. The van der Waals surface area contributed by atoms with Crippen LogP contribution in [0.5, 0.6) is 11.5 Å². The van der Waals surface area contributed by atoms with Crippen molar-refractivity contribution in [3.05, 3.63) is 54.1 Å². The highest BCUT2D eigenvalue weighted by atomic mass is 16.5. The summed E-state index contributed by atoms with van der Waals surface area (Å²) in [5.74, 6) is 1.44. The summed E-state index contributed by atoms with van der Waals surface area (Å²) in [6.07, 6.45) is 0. The van der Waals surface area contributed by atoms with Crippen molar-refractivity contribution in [3.63, 3.8) is 0 Å². The zero-order valence-electron chi connectivity index (χ0n) is 18.5. The minimum Gasteiger partial charge on any atom is -0.457 e. The number of carbonyl (C=O) groups excluding carboxylic acids is 2. The van der Waals surface area contributed by atoms with Crippen LogP contribution in [-0.4, -0.2) is 85.7 Å². The molecular weight excluding hydrogens is 408 g/mol. The van der Waals surface area contributed by atoms with E-state index in [0.717, 1.165) is 22.7 Å². The number of hydrogen-bond acceptors (Lipinski definition) is 5. The number of urea groups is 1. The number of hydrogen-bond donors (Lipinski definition) is 1. The number of benzene rings is 2. The number of ether oxygens (including phenoxy) is 2. The van der Waals surface area contributed by atoms with Crippen LogP contribution in [0.2, 0.25) is 0 Å². The smallest absolute Gasteiger partial charge is 0.320 e. The van der Waals surface area contributed by atoms with E-state index in [4.69, 9.17) is 9.47 Å². The summed E-state index contributed by atoms with van der Waals surface area (Å²) in [6.45, 7) is 7.47. The van der Waals surface area contributed by atoms with Crippen LogP contribution in [0, 0.1) is 6.92 Å². The zero-order chi connectivity index (χ0) is 22.3. The maximum absolute atomic E-state index is 12.6. The van der Waals surface area contributed by atoms with E-state index in [1.807, 2.05) is 65.3 Å². The van der Waals surface area contributed by atoms with E-state index >= 15 is 0 Å². The zero-order valence-corrected chi connectivity index (χ0v) is 18.5. The molecule has 0 aliphatic carbocycles. The second-order valence-electron chi connectivity index (χ2n) is 8.14. The Bertz CT molecular complexity index is 920. The number of carbonyl (C=O) groups is 2. The van der Waals surface area contributed by atoms with E-state index in [9.17, 15) is 9.59 Å². The van der Waals surface area contributed by atoms with E-state index in [1.165, 1.54) is 0 Å². The first-order valence-corrected chi connectivity index (χ1v) is 11.1. The lowest BCUT2D eigenvalue weighted by Crippen LogP contribution is -2.55. The van der Waals surface area contributed by atoms with Crippen LogP contribution < -0.4 is 10.1 Å². The average molecular weight is 439 g/mol. The molecule has 0 saturated carbocycles. The predicted molar refractivity (Wildman–Crippen MR) is 122 cm³/mol. The number of nitrogens with one attached hydrogen (secondary N) is 1. The molecule has 2 saturated heterocycles. The lowest BCUT2D eigenvalue weighted by Gasteiger charge is -2.38. The second-order valence-corrected chi connectivity index (χ2v) is 8.14. The number of nitrogens with zero attached hydrogens (tertiary/aromatic N) is 3. The van der Waals surface area contributed by atoms with Crippen molar-refractivity contribution in [2.45, 2.75) is 6.92 Å². The fourth-order valence-corrected chi connectivity index (χ4v) is 3.88. The third kappa shape index (κ3) is 5.99. The van der Waals surface area contributed by atoms with E-state index in [0.29, 0.717) is 59.0 Å². The Kier molecular flexibility index (Phi) is 7.24. The van der Waals surface area contributed by atoms with Crippen molar-refractivity contribution in [3.8, 4) is 11.5 Å². The van der Waals surface area contributed by atoms with Gasteiger partial charge in [0.1, 0.15) is 11.5 Å². The maximum Gasteiger partial charge on any atom is 0.320 e. The molecule has 3 amide bonds. The molecule has 0 aromatic heterocycles. The first-order chi connectivity index (χ1) is 15.6. The molecule has 0 atom stereocenters. The molecule has 2 aliphatic heterocycles. The third-order valence-electron chi connectivity index (χ3n) is 5.65. The fourth-order valence-electron chi connectivity index (χ4n) is 3.88. The molecule has 2 fully saturated rings. The van der Waals surface area contributed by atoms with Gasteiger partial charge in [-0.2, -0.15) is 0 Å². The Hall–Kier alpha value is -3.10. The van der Waals surface area contributed by atoms with Gasteiger partial charge < -0.3 is 24.6 Å². The number of piperazine rings is 1. The Morgan fingerprint density at radius 1 is 0.906 bits per heavy atom. The van der Waals surface area contributed by atoms with Crippen molar-refractivity contribution in [2.24, 2.45) is 0 Å². The van der Waals surface area contributed by atoms with E-state index < -0.39 is 0 Å². The van der Waals surface area contributed by atoms with Crippen molar-refractivity contribution in [1.82, 2.24) is 14.7 Å². The average Bonchev–Trinajstić information content (AvgIpc) is 2.81. The molecule has 8 heteroatoms. The van der Waals surface area contributed by atoms with Gasteiger partial charge >= 0.3 is 6.03 Å². The Morgan fingerprint density at radius 2 is 1.59 bits per heavy atom. The standard InChI is InChI=1S/C24H30N4O4/c1-19-3-2-4-22(17-19)32-21-7-5-20(6-8-21)25-23(29)18-26-9-11-27(12-10-26)24(30)28-13-15-31-16-14-28/h2-8,17H,9-16,18H2,1H3,(H,25,29). The Balaban J connectivity index is 1.21. The van der Waals surface area contributed by atoms with E-state index in [-0.39, 0.29) is 11.9 Å². The Labute approximate surface area is 188 Å². The largest absolute Gasteiger partial charge is 0.457 e. The molecule has 32 heavy (non-hydrogen) atoms. The van der Waals surface area contributed by atoms with Crippen molar-refractivity contribution < 1.29 is 19.1 Å². The van der Waals surface area contributed by atoms with Crippen LogP contribution in [0.15, 0.2) is 48.5 Å². The van der Waals surface area contributed by atoms with Gasteiger partial charge in [0.2, 0.25) is 5.91 Å². The minimum atomic E-state index is -0.0645. The molecule has 2 aromatic carbocycles. The van der Waals surface area contributed by atoms with Gasteiger partial charge in [0.05, 0.1) is 19.8 Å². The molecule has 0 unspecified atom stereocenters. The first-order valence-electron chi connectivity index (χ1n) is 11.1. The number of amides is 3. The van der Waals surface area contributed by atoms with E-state index in [1.54, 1.807) is 0 Å². The van der Waals surface area contributed by atoms with Crippen LogP contribution in [-0.2, 0) is 9.53 Å². The highest BCUT2D eigenvalue weighted by Crippen LogP contribution is 2.23. The maximum atomic E-state index is 12.6. The quantitative estimate of drug-likeness (QED) is 0.777. The predicted octanol–water partition coefficient (Wildman–Crippen LogP) is 2.80. The molecule has 8 nitrogen and oxygen atoms in total. The van der Waals surface area contributed by atoms with Gasteiger partial charge in [-0.05, 0) is 48.9 Å². The first kappa shape index (κ1) is 22.1. The number of morpholine rings is 1. The molecule has 0 spiro atoms. The third-order valence-corrected chi connectivity index (χ3v) is 5.65. The molecular formula is C24H30N4O4. The van der Waals surface area contributed by atoms with Crippen LogP contribution in [0.3, 0.4) is 0 Å². The molecule has 0 bridgehead atoms. The van der Waals surface area contributed by atoms with Gasteiger partial charge in [-0.3, -0.25) is 9.69 Å². The van der Waals surface area contributed by atoms with Crippen LogP contribution in [0.4, 0.5) is 10.5 Å². The van der Waals surface area contributed by atoms with Gasteiger partial charge in [0.25, 0.3) is 0 Å². The molecule has 2 aromatic rings. The van der Waals surface area contributed by atoms with Gasteiger partial charge in [0.15, 0.2) is 0 Å². The summed E-state index contributed by atoms with van der Waals surface area (Å²) in [5.41, 5.74) is 1.87. The summed E-state index contributed by atoms with van der Waals surface area (Å²) in [5, 5.41) is 2.94. The lowest BCUT2D eigenvalue weighted by atomic mass is 10.2. The monoisotopic (exact) mass is 438 g/mol. The molecule has 4 rings (SSSR count). The van der Waals surface area contributed by atoms with Gasteiger partial charge in [-0.1, -0.05) is 12.1 Å². The molecule has 0 radical (unpaired) electrons. The minimum absolute atomic E-state index is 0.0645. The van der Waals surface area contributed by atoms with E-state index in [2.05, 4.69) is 10.2 Å². The number of rotatable bonds is 5. The summed E-state index contributed by atoms with van der Waals surface area (Å²) in [7, 11) is 0. The van der Waals surface area contributed by atoms with Crippen molar-refractivity contribution in [2.75, 3.05) is 64.3 Å². The second kappa shape index (κ2) is 10.5. The molecule has 170 valence electrons. The fraction of sp³-hybridized carbons (Fsp3) is 0.417. The van der Waals surface area contributed by atoms with Crippen molar-refractivity contribution in [1.29, 1.82) is 0 Å². The van der Waals surface area contributed by atoms with Crippen LogP contribution in [0.1, 0.15) is 5.56 Å². The van der Waals surface area contributed by atoms with Gasteiger partial charge in [-0.15, -0.1) is 0 Å². The molecule has 2 heterocycles. The topological polar surface area (TPSA) is 74.4 Å². The highest BCUT2D eigenvalue weighted by Gasteiger charge is 2.26. The lowest BCUT2D eigenvalue weighted by molar-refractivity contribution is -0.117. The summed E-state index contributed by atoms with van der Waals surface area (Å²) in [6, 6.07) is 15.3. The summed E-state index contributed by atoms with van der Waals surface area (Å²) >= 11 is 0. The number of anilines is 1. The van der Waals surface area contributed by atoms with Crippen LogP contribution >= 0.6 is 0 Å². The highest BCUT2D eigenvalue weighted by molar-refractivity contribution is 5.92. The molecule has 1 N–H and O–H groups in total. The SMILES string of the molecule is Cc1cccc(Oc2ccc(NC(=O)CN3CCN(C(=O)N4CCOCC4)CC3)cc2)c1. The van der Waals surface area contributed by atoms with Crippen molar-refractivity contribution >= 4 is 17.6 Å². The normalized spacial score (nSPS) is 17.2. The van der Waals surface area contributed by atoms with Gasteiger partial charge in [0, 0.05) is 45.0 Å². The summed E-state index contributed by atoms with van der Waals surface area (Å²) in [4.78, 5) is 30.8. The Morgan fingerprint density at radius 3 is 2.28 bits per heavy atom. The summed E-state index contributed by atoms with van der Waals surface area (Å²) < 4.78 is 11.2.